The first-order valence-electron chi connectivity index (χ1n) is 43.0. The number of hydrogen-bond acceptors (Lipinski definition) is 33. The van der Waals surface area contributed by atoms with Gasteiger partial charge in [-0.1, -0.05) is 206 Å². The molecule has 116 heavy (non-hydrogen) atoms. The van der Waals surface area contributed by atoms with Crippen LogP contribution in [0.25, 0.3) is 0 Å². The van der Waals surface area contributed by atoms with Gasteiger partial charge in [0.25, 0.3) is 0 Å². The van der Waals surface area contributed by atoms with E-state index in [0.29, 0.717) is 12.8 Å². The molecule has 3 amide bonds. The highest BCUT2D eigenvalue weighted by molar-refractivity contribution is 5.76. The van der Waals surface area contributed by atoms with Crippen molar-refractivity contribution in [3.05, 3.63) is 12.2 Å². The van der Waals surface area contributed by atoms with E-state index in [1.54, 1.807) is 6.08 Å². The van der Waals surface area contributed by atoms with Crippen LogP contribution in [0.5, 0.6) is 0 Å². The van der Waals surface area contributed by atoms with Gasteiger partial charge in [0, 0.05) is 20.3 Å². The van der Waals surface area contributed by atoms with Gasteiger partial charge in [0.1, 0.15) is 146 Å². The number of allylic oxidation sites excluding steroid dienone is 1. The van der Waals surface area contributed by atoms with E-state index < -0.39 is 254 Å². The minimum Gasteiger partial charge on any atom is -0.394 e. The summed E-state index contributed by atoms with van der Waals surface area (Å²) in [6, 6.07) is -4.67. The van der Waals surface area contributed by atoms with Gasteiger partial charge in [0.2, 0.25) is 17.7 Å². The van der Waals surface area contributed by atoms with Gasteiger partial charge < -0.3 is 165 Å². The SMILES string of the molecule is CCCCCCCCCCCCC/C=C/[C@@H](O)[C@H](CO[C@@H]1OC(CO)[C@@H](O[C@@H]2OC(CO[C@@H]3OC(CO)[C@@H](O[C@@H]4OC(CO)[C@H](O)[C@H](O)C4O)[C@H](O)C3NC(C)=O)[C@H](O)[C@H](O[C@@H]3OC(CO)[C@@H](O[C@@H]4OC(CO)[C@H](O)[C@H](O)C4O)[C@H](O)C3NC(C)=O)C2O)[C@H](O)C1O)NC(=O)CCCCCCCCCCCCCCCCCCCCC. The highest BCUT2D eigenvalue weighted by atomic mass is 16.8. The fourth-order valence-corrected chi connectivity index (χ4v) is 15.7. The van der Waals surface area contributed by atoms with Gasteiger partial charge in [-0.15, -0.1) is 0 Å². The van der Waals surface area contributed by atoms with Crippen LogP contribution in [0.3, 0.4) is 0 Å². The second-order valence-corrected chi connectivity index (χ2v) is 32.1. The van der Waals surface area contributed by atoms with Crippen molar-refractivity contribution >= 4 is 17.7 Å². The van der Waals surface area contributed by atoms with Crippen LogP contribution in [-0.4, -0.2) is 352 Å². The Morgan fingerprint density at radius 2 is 0.681 bits per heavy atom. The lowest BCUT2D eigenvalue weighted by atomic mass is 9.94. The lowest BCUT2D eigenvalue weighted by Gasteiger charge is -2.50. The molecule has 21 N–H and O–H groups in total. The molecule has 0 aromatic carbocycles. The predicted octanol–water partition coefficient (Wildman–Crippen LogP) is -0.864. The van der Waals surface area contributed by atoms with E-state index >= 15 is 0 Å². The number of hydrogen-bond donors (Lipinski definition) is 21. The number of carbonyl (C=O) groups excluding carboxylic acids is 3. The number of unbranched alkanes of at least 4 members (excludes halogenated alkanes) is 29. The summed E-state index contributed by atoms with van der Waals surface area (Å²) in [5.74, 6) is -2.05. The van der Waals surface area contributed by atoms with Crippen molar-refractivity contribution in [2.75, 3.05) is 46.2 Å². The Morgan fingerprint density at radius 3 is 1.09 bits per heavy atom. The highest BCUT2D eigenvalue weighted by Gasteiger charge is 2.58. The van der Waals surface area contributed by atoms with Crippen molar-refractivity contribution in [2.24, 2.45) is 0 Å². The first-order chi connectivity index (χ1) is 55.8. The molecule has 0 bridgehead atoms. The van der Waals surface area contributed by atoms with E-state index in [1.165, 1.54) is 135 Å². The van der Waals surface area contributed by atoms with Gasteiger partial charge in [-0.05, 0) is 19.3 Å². The Hall–Kier alpha value is -3.05. The maximum Gasteiger partial charge on any atom is 0.220 e. The van der Waals surface area contributed by atoms with Gasteiger partial charge >= 0.3 is 0 Å². The van der Waals surface area contributed by atoms with Gasteiger partial charge in [-0.2, -0.15) is 0 Å². The second kappa shape index (κ2) is 55.2. The molecule has 12 unspecified atom stereocenters. The summed E-state index contributed by atoms with van der Waals surface area (Å²) >= 11 is 0. The Bertz CT molecular complexity index is 2670. The summed E-state index contributed by atoms with van der Waals surface area (Å²) in [5.41, 5.74) is 0. The average Bonchev–Trinajstić information content (AvgIpc) is 0.771. The lowest BCUT2D eigenvalue weighted by Crippen LogP contribution is -2.70. The third-order valence-electron chi connectivity index (χ3n) is 22.7. The molecule has 6 aliphatic rings. The number of aliphatic hydroxyl groups is 18. The zero-order valence-corrected chi connectivity index (χ0v) is 68.4. The average molecular weight is 1680 g/mol. The molecule has 0 aromatic rings. The van der Waals surface area contributed by atoms with Crippen LogP contribution in [-0.2, 0) is 71.2 Å². The maximum atomic E-state index is 13.7. The largest absolute Gasteiger partial charge is 0.394 e. The van der Waals surface area contributed by atoms with Gasteiger partial charge in [0.05, 0.1) is 58.4 Å². The fraction of sp³-hybridized carbons (Fsp3) is 0.938. The van der Waals surface area contributed by atoms with Crippen molar-refractivity contribution < 1.29 is 163 Å². The fourth-order valence-electron chi connectivity index (χ4n) is 15.7. The zero-order chi connectivity index (χ0) is 84.8. The normalized spacial score (nSPS) is 36.3. The van der Waals surface area contributed by atoms with Gasteiger partial charge in [-0.25, -0.2) is 0 Å². The molecule has 6 fully saturated rings. The summed E-state index contributed by atoms with van der Waals surface area (Å²) < 4.78 is 71.5. The summed E-state index contributed by atoms with van der Waals surface area (Å²) in [7, 11) is 0. The van der Waals surface area contributed by atoms with Crippen LogP contribution in [0, 0.1) is 0 Å². The molecular formula is C80H145N3O33. The Kier molecular flexibility index (Phi) is 48.5. The van der Waals surface area contributed by atoms with Gasteiger partial charge in [-0.3, -0.25) is 14.4 Å². The lowest BCUT2D eigenvalue weighted by molar-refractivity contribution is -0.385. The molecule has 36 nitrogen and oxygen atoms in total. The van der Waals surface area contributed by atoms with E-state index in [4.69, 9.17) is 56.8 Å². The van der Waals surface area contributed by atoms with Crippen molar-refractivity contribution in [1.29, 1.82) is 0 Å². The van der Waals surface area contributed by atoms with E-state index in [1.807, 2.05) is 6.08 Å². The molecule has 6 heterocycles. The maximum absolute atomic E-state index is 13.7. The molecular weight excluding hydrogens is 1530 g/mol. The standard InChI is InChI=1S/C80H145N3O33/c1-5-7-9-11-13-15-17-19-20-21-22-23-24-26-28-30-32-34-36-38-56(92)83-48(49(91)37-35-33-31-29-27-25-18-16-14-12-10-8-6-2)44-105-77-69(103)66(100)73(54(43-88)111-77)115-80-70(104)74(116-76-58(82-47(4)90)63(97)72(53(42-87)110-76)114-79-68(102)65(99)60(94)51(40-85)108-79)61(95)55(112-80)45-106-75-57(81-46(3)89)62(96)71(52(41-86)109-75)113-78-67(101)64(98)59(93)50(39-84)107-78/h35,37,48-55,57-80,84-88,91,93-104H,5-34,36,38-45H2,1-4H3,(H,81,89)(H,82,90)(H,83,92)/b37-35+/t48-,49+,50?,51?,52?,53?,54?,55?,57?,58?,59-,60-,61-,62+,63+,64-,65-,66+,67?,68?,69?,70?,71+,72+,73+,74-,75+,76-,77+,78-,79-,80-/m0/s1. The number of rotatable bonds is 56. The van der Waals surface area contributed by atoms with Gasteiger partial charge in [0.15, 0.2) is 37.7 Å². The summed E-state index contributed by atoms with van der Waals surface area (Å²) in [5, 5.41) is 208. The molecule has 0 aromatic heterocycles. The molecule has 0 spiro atoms. The van der Waals surface area contributed by atoms with E-state index in [2.05, 4.69) is 29.8 Å². The minimum absolute atomic E-state index is 0.146. The molecule has 6 saturated heterocycles. The summed E-state index contributed by atoms with van der Waals surface area (Å²) in [6.07, 6.45) is -15.6. The molecule has 0 aliphatic carbocycles. The van der Waals surface area contributed by atoms with E-state index in [-0.39, 0.29) is 12.3 Å². The van der Waals surface area contributed by atoms with Crippen LogP contribution >= 0.6 is 0 Å². The first kappa shape index (κ1) is 102. The molecule has 32 atom stereocenters. The van der Waals surface area contributed by atoms with Crippen LogP contribution in [0.15, 0.2) is 12.2 Å². The molecule has 678 valence electrons. The quantitative estimate of drug-likeness (QED) is 0.0260. The molecule has 6 aliphatic heterocycles. The third-order valence-corrected chi connectivity index (χ3v) is 22.7. The highest BCUT2D eigenvalue weighted by Crippen LogP contribution is 2.37. The topological polar surface area (TPSA) is 562 Å². The first-order valence-corrected chi connectivity index (χ1v) is 43.0. The monoisotopic (exact) mass is 1680 g/mol. The predicted molar refractivity (Wildman–Crippen MR) is 412 cm³/mol. The zero-order valence-electron chi connectivity index (χ0n) is 68.4. The second-order valence-electron chi connectivity index (χ2n) is 32.1. The number of nitrogens with one attached hydrogen (secondary N) is 3. The number of carbonyl (C=O) groups is 3. The van der Waals surface area contributed by atoms with Crippen molar-refractivity contribution in [1.82, 2.24) is 16.0 Å². The number of aliphatic hydroxyl groups excluding tert-OH is 18. The van der Waals surface area contributed by atoms with Crippen molar-refractivity contribution in [3.63, 3.8) is 0 Å². The molecule has 36 heteroatoms. The minimum atomic E-state index is -2.32. The Labute approximate surface area is 682 Å². The summed E-state index contributed by atoms with van der Waals surface area (Å²) in [6.45, 7) is 0.222. The molecule has 0 saturated carbocycles. The van der Waals surface area contributed by atoms with Crippen molar-refractivity contribution in [2.45, 2.75) is 429 Å². The Morgan fingerprint density at radius 1 is 0.345 bits per heavy atom. The number of ether oxygens (including phenoxy) is 12. The number of amides is 3. The van der Waals surface area contributed by atoms with E-state index in [9.17, 15) is 106 Å². The Balaban J connectivity index is 1.17. The molecule has 0 radical (unpaired) electrons. The summed E-state index contributed by atoms with van der Waals surface area (Å²) in [4.78, 5) is 39.5. The van der Waals surface area contributed by atoms with Crippen LogP contribution in [0.1, 0.15) is 233 Å². The van der Waals surface area contributed by atoms with E-state index in [0.717, 1.165) is 65.2 Å². The van der Waals surface area contributed by atoms with Crippen LogP contribution in [0.2, 0.25) is 0 Å². The molecule has 6 rings (SSSR count). The van der Waals surface area contributed by atoms with Crippen LogP contribution < -0.4 is 16.0 Å². The smallest absolute Gasteiger partial charge is 0.220 e. The van der Waals surface area contributed by atoms with Crippen LogP contribution in [0.4, 0.5) is 0 Å². The van der Waals surface area contributed by atoms with Crippen molar-refractivity contribution in [3.8, 4) is 0 Å². The third kappa shape index (κ3) is 31.9.